The summed E-state index contributed by atoms with van der Waals surface area (Å²) in [6, 6.07) is 6.58. The number of aliphatic carboxylic acids is 1. The summed E-state index contributed by atoms with van der Waals surface area (Å²) in [4.78, 5) is 29.3. The van der Waals surface area contributed by atoms with Gasteiger partial charge in [0.1, 0.15) is 6.04 Å². The van der Waals surface area contributed by atoms with Crippen molar-refractivity contribution in [1.82, 2.24) is 9.80 Å². The maximum atomic E-state index is 12.3. The first-order valence-corrected chi connectivity index (χ1v) is 8.01. The lowest BCUT2D eigenvalue weighted by atomic mass is 10.1. The average molecular weight is 319 g/mol. The van der Waals surface area contributed by atoms with Gasteiger partial charge in [0.15, 0.2) is 0 Å². The Morgan fingerprint density at radius 2 is 1.74 bits per heavy atom. The van der Waals surface area contributed by atoms with E-state index >= 15 is 0 Å². The number of carbonyl (C=O) groups excluding carboxylic acids is 1. The van der Waals surface area contributed by atoms with Crippen LogP contribution in [0.2, 0.25) is 0 Å². The number of rotatable bonds is 5. The second-order valence-corrected chi connectivity index (χ2v) is 5.90. The molecule has 1 N–H and O–H groups in total. The molecular weight excluding hydrogens is 294 g/mol. The third-order valence-corrected chi connectivity index (χ3v) is 4.56. The minimum absolute atomic E-state index is 0.276. The molecule has 1 heterocycles. The van der Waals surface area contributed by atoms with Gasteiger partial charge in [-0.3, -0.25) is 4.79 Å². The van der Waals surface area contributed by atoms with Crippen LogP contribution in [0.25, 0.3) is 0 Å². The maximum Gasteiger partial charge on any atom is 0.326 e. The average Bonchev–Trinajstić information content (AvgIpc) is 2.60. The molecule has 0 bridgehead atoms. The minimum atomic E-state index is -1.01. The number of carboxylic acids is 1. The fraction of sp³-hybridized carbons (Fsp3) is 0.529. The summed E-state index contributed by atoms with van der Waals surface area (Å²) in [5.41, 5.74) is 1.61. The van der Waals surface area contributed by atoms with Crippen LogP contribution in [-0.2, 0) is 4.79 Å². The molecule has 2 rings (SSSR count). The smallest absolute Gasteiger partial charge is 0.326 e. The molecule has 0 spiro atoms. The number of hydrogen-bond donors (Lipinski definition) is 1. The molecule has 1 aromatic rings. The van der Waals surface area contributed by atoms with Crippen LogP contribution in [0.4, 0.5) is 5.69 Å². The van der Waals surface area contributed by atoms with Crippen LogP contribution in [0.3, 0.4) is 0 Å². The van der Waals surface area contributed by atoms with Gasteiger partial charge in [0, 0.05) is 44.5 Å². The van der Waals surface area contributed by atoms with Gasteiger partial charge in [0.25, 0.3) is 5.91 Å². The maximum absolute atomic E-state index is 12.3. The van der Waals surface area contributed by atoms with Crippen molar-refractivity contribution in [3.05, 3.63) is 29.8 Å². The molecule has 23 heavy (non-hydrogen) atoms. The summed E-state index contributed by atoms with van der Waals surface area (Å²) < 4.78 is 0. The van der Waals surface area contributed by atoms with E-state index in [0.717, 1.165) is 38.4 Å². The molecule has 1 amide bonds. The summed E-state index contributed by atoms with van der Waals surface area (Å²) in [6.07, 6.45) is 0. The Bertz CT molecular complexity index is 551. The van der Waals surface area contributed by atoms with Gasteiger partial charge in [0.05, 0.1) is 0 Å². The van der Waals surface area contributed by atoms with E-state index in [2.05, 4.69) is 16.7 Å². The molecule has 6 nitrogen and oxygen atoms in total. The molecule has 0 saturated carbocycles. The fourth-order valence-corrected chi connectivity index (χ4v) is 2.68. The van der Waals surface area contributed by atoms with Crippen LogP contribution in [0.5, 0.6) is 0 Å². The van der Waals surface area contributed by atoms with Gasteiger partial charge >= 0.3 is 5.97 Å². The van der Waals surface area contributed by atoms with Crippen molar-refractivity contribution in [1.29, 1.82) is 0 Å². The molecule has 0 radical (unpaired) electrons. The van der Waals surface area contributed by atoms with Crippen LogP contribution < -0.4 is 4.90 Å². The Morgan fingerprint density at radius 1 is 1.17 bits per heavy atom. The Labute approximate surface area is 137 Å². The monoisotopic (exact) mass is 319 g/mol. The van der Waals surface area contributed by atoms with Crippen LogP contribution in [0, 0.1) is 0 Å². The molecule has 1 saturated heterocycles. The normalized spacial score (nSPS) is 16.9. The fourth-order valence-electron chi connectivity index (χ4n) is 2.68. The lowest BCUT2D eigenvalue weighted by Gasteiger charge is -2.35. The topological polar surface area (TPSA) is 64.1 Å². The molecule has 126 valence electrons. The van der Waals surface area contributed by atoms with E-state index < -0.39 is 12.0 Å². The van der Waals surface area contributed by atoms with Crippen molar-refractivity contribution in [2.45, 2.75) is 19.9 Å². The van der Waals surface area contributed by atoms with Crippen molar-refractivity contribution in [3.8, 4) is 0 Å². The van der Waals surface area contributed by atoms with Gasteiger partial charge < -0.3 is 19.8 Å². The Kier molecular flexibility index (Phi) is 5.60. The minimum Gasteiger partial charge on any atom is -0.480 e. The van der Waals surface area contributed by atoms with Gasteiger partial charge in [-0.2, -0.15) is 0 Å². The highest BCUT2D eigenvalue weighted by Crippen LogP contribution is 2.18. The molecular formula is C17H25N3O3. The highest BCUT2D eigenvalue weighted by atomic mass is 16.4. The number of anilines is 1. The van der Waals surface area contributed by atoms with E-state index in [-0.39, 0.29) is 5.91 Å². The molecule has 1 aliphatic rings. The van der Waals surface area contributed by atoms with E-state index in [1.807, 2.05) is 12.1 Å². The largest absolute Gasteiger partial charge is 0.480 e. The predicted molar refractivity (Wildman–Crippen MR) is 90.0 cm³/mol. The second kappa shape index (κ2) is 7.46. The number of carbonyl (C=O) groups is 2. The molecule has 1 aromatic carbocycles. The molecule has 1 fully saturated rings. The Morgan fingerprint density at radius 3 is 2.22 bits per heavy atom. The summed E-state index contributed by atoms with van der Waals surface area (Å²) >= 11 is 0. The lowest BCUT2D eigenvalue weighted by Crippen LogP contribution is -2.46. The summed E-state index contributed by atoms with van der Waals surface area (Å²) in [6.45, 7) is 8.82. The standard InChI is InChI=1S/C17H25N3O3/c1-4-19-9-11-20(12-10-19)15-7-5-14(6-8-15)16(21)18(3)13(2)17(22)23/h5-8,13H,4,9-12H2,1-3H3,(H,22,23)/t13-/m0/s1. The predicted octanol–water partition coefficient (Wildman–Crippen LogP) is 1.37. The van der Waals surface area contributed by atoms with Gasteiger partial charge in [0.2, 0.25) is 0 Å². The number of piperazine rings is 1. The molecule has 0 aliphatic carbocycles. The zero-order valence-corrected chi connectivity index (χ0v) is 14.0. The van der Waals surface area contributed by atoms with Crippen molar-refractivity contribution in [2.75, 3.05) is 44.7 Å². The third-order valence-electron chi connectivity index (χ3n) is 4.56. The Hall–Kier alpha value is -2.08. The van der Waals surface area contributed by atoms with Gasteiger partial charge in [-0.15, -0.1) is 0 Å². The van der Waals surface area contributed by atoms with Crippen LogP contribution in [0.15, 0.2) is 24.3 Å². The first kappa shape index (κ1) is 17.3. The zero-order valence-electron chi connectivity index (χ0n) is 14.0. The number of hydrogen-bond acceptors (Lipinski definition) is 4. The van der Waals surface area contributed by atoms with E-state index in [4.69, 9.17) is 5.11 Å². The van der Waals surface area contributed by atoms with E-state index in [1.54, 1.807) is 12.1 Å². The highest BCUT2D eigenvalue weighted by Gasteiger charge is 2.23. The van der Waals surface area contributed by atoms with E-state index in [9.17, 15) is 9.59 Å². The number of carboxylic acid groups (broad SMARTS) is 1. The number of nitrogens with zero attached hydrogens (tertiary/aromatic N) is 3. The molecule has 1 atom stereocenters. The molecule has 0 unspecified atom stereocenters. The van der Waals surface area contributed by atoms with Crippen molar-refractivity contribution in [2.24, 2.45) is 0 Å². The van der Waals surface area contributed by atoms with Crippen molar-refractivity contribution >= 4 is 17.6 Å². The summed E-state index contributed by atoms with van der Waals surface area (Å²) in [7, 11) is 1.51. The summed E-state index contributed by atoms with van der Waals surface area (Å²) in [5, 5.41) is 9.00. The first-order valence-electron chi connectivity index (χ1n) is 8.01. The Balaban J connectivity index is 2.02. The van der Waals surface area contributed by atoms with Crippen LogP contribution in [-0.4, -0.2) is 72.6 Å². The van der Waals surface area contributed by atoms with Gasteiger partial charge in [-0.1, -0.05) is 6.92 Å². The second-order valence-electron chi connectivity index (χ2n) is 5.90. The highest BCUT2D eigenvalue weighted by molar-refractivity contribution is 5.96. The van der Waals surface area contributed by atoms with E-state index in [0.29, 0.717) is 5.56 Å². The van der Waals surface area contributed by atoms with Gasteiger partial charge in [-0.25, -0.2) is 4.79 Å². The summed E-state index contributed by atoms with van der Waals surface area (Å²) in [5.74, 6) is -1.28. The first-order chi connectivity index (χ1) is 10.9. The SMILES string of the molecule is CCN1CCN(c2ccc(C(=O)N(C)[C@@H](C)C(=O)O)cc2)CC1. The molecule has 0 aromatic heterocycles. The van der Waals surface area contributed by atoms with Crippen molar-refractivity contribution < 1.29 is 14.7 Å². The molecule has 1 aliphatic heterocycles. The number of amides is 1. The lowest BCUT2D eigenvalue weighted by molar-refractivity contribution is -0.141. The van der Waals surface area contributed by atoms with E-state index in [1.165, 1.54) is 18.9 Å². The quantitative estimate of drug-likeness (QED) is 0.888. The number of likely N-dealkylation sites (N-methyl/N-ethyl adjacent to an activating group) is 2. The van der Waals surface area contributed by atoms with Crippen LogP contribution >= 0.6 is 0 Å². The van der Waals surface area contributed by atoms with Crippen LogP contribution in [0.1, 0.15) is 24.2 Å². The van der Waals surface area contributed by atoms with Gasteiger partial charge in [-0.05, 0) is 37.7 Å². The molecule has 6 heteroatoms. The third kappa shape index (κ3) is 4.01. The zero-order chi connectivity index (χ0) is 17.0. The number of benzene rings is 1. The van der Waals surface area contributed by atoms with Crippen molar-refractivity contribution in [3.63, 3.8) is 0 Å².